The van der Waals surface area contributed by atoms with Crippen molar-refractivity contribution in [2.45, 2.75) is 0 Å². The van der Waals surface area contributed by atoms with Gasteiger partial charge in [0.15, 0.2) is 0 Å². The quantitative estimate of drug-likeness (QED) is 0.489. The van der Waals surface area contributed by atoms with Crippen molar-refractivity contribution in [3.05, 3.63) is 43.1 Å². The summed E-state index contributed by atoms with van der Waals surface area (Å²) in [5.41, 5.74) is 0.938. The third-order valence-corrected chi connectivity index (χ3v) is 0.913. The average Bonchev–Trinajstić information content (AvgIpc) is 1.90. The first kappa shape index (κ1) is 5.16. The molecule has 1 rings (SSSR count). The summed E-state index contributed by atoms with van der Waals surface area (Å²) < 4.78 is 0. The van der Waals surface area contributed by atoms with Crippen molar-refractivity contribution in [3.8, 4) is 0 Å². The Hall–Kier alpha value is -0.980. The molecule has 0 amide bonds. The van der Waals surface area contributed by atoms with Crippen LogP contribution >= 0.6 is 0 Å². The Morgan fingerprint density at radius 2 is 2.38 bits per heavy atom. The predicted molar refractivity (Wildman–Crippen MR) is 33.8 cm³/mol. The molecule has 8 heavy (non-hydrogen) atoms. The molecule has 1 aliphatic rings. The largest absolute Gasteiger partial charge is 0.362 e. The highest BCUT2D eigenvalue weighted by atomic mass is 14.8. The highest BCUT2D eigenvalue weighted by molar-refractivity contribution is 5.27. The lowest BCUT2D eigenvalue weighted by molar-refractivity contribution is 1.10. The van der Waals surface area contributed by atoms with Gasteiger partial charge in [-0.2, -0.15) is 0 Å². The van der Waals surface area contributed by atoms with Gasteiger partial charge in [-0.05, 0) is 19.1 Å². The molecule has 0 aromatic carbocycles. The number of dihydropyridines is 1. The van der Waals surface area contributed by atoms with Gasteiger partial charge < -0.3 is 5.32 Å². The minimum atomic E-state index is 0.938. The topological polar surface area (TPSA) is 12.0 Å². The Kier molecular flexibility index (Phi) is 1.52. The van der Waals surface area contributed by atoms with Gasteiger partial charge in [-0.3, -0.25) is 0 Å². The minimum absolute atomic E-state index is 0.938. The smallest absolute Gasteiger partial charge is 0.0342 e. The molecule has 0 spiro atoms. The summed E-state index contributed by atoms with van der Waals surface area (Å²) in [6.07, 6.45) is 9.10. The Morgan fingerprint density at radius 1 is 1.50 bits per heavy atom. The van der Waals surface area contributed by atoms with Gasteiger partial charge in [0, 0.05) is 11.9 Å². The summed E-state index contributed by atoms with van der Waals surface area (Å²) in [5, 5.41) is 2.94. The van der Waals surface area contributed by atoms with Crippen LogP contribution in [0.1, 0.15) is 0 Å². The van der Waals surface area contributed by atoms with Crippen molar-refractivity contribution < 1.29 is 0 Å². The van der Waals surface area contributed by atoms with Crippen molar-refractivity contribution in [2.75, 3.05) is 0 Å². The third-order valence-electron chi connectivity index (χ3n) is 0.913. The van der Waals surface area contributed by atoms with Gasteiger partial charge in [-0.25, -0.2) is 0 Å². The fourth-order valence-electron chi connectivity index (χ4n) is 0.511. The SMILES string of the molecule is [CH]C=C1C=CC=CN1. The maximum atomic E-state index is 5.19. The van der Waals surface area contributed by atoms with Crippen LogP contribution in [0.3, 0.4) is 0 Å². The molecule has 0 aromatic heterocycles. The van der Waals surface area contributed by atoms with Crippen LogP contribution in [0.4, 0.5) is 0 Å². The van der Waals surface area contributed by atoms with E-state index in [1.54, 1.807) is 0 Å². The Balaban J connectivity index is 2.66. The van der Waals surface area contributed by atoms with Gasteiger partial charge >= 0.3 is 0 Å². The number of allylic oxidation sites excluding steroid dienone is 4. The van der Waals surface area contributed by atoms with Crippen LogP contribution in [0, 0.1) is 6.92 Å². The van der Waals surface area contributed by atoms with Crippen molar-refractivity contribution in [3.63, 3.8) is 0 Å². The lowest BCUT2D eigenvalue weighted by atomic mass is 10.3. The van der Waals surface area contributed by atoms with E-state index in [9.17, 15) is 0 Å². The second-order valence-corrected chi connectivity index (χ2v) is 1.48. The Bertz CT molecular complexity index is 152. The molecule has 0 fully saturated rings. The van der Waals surface area contributed by atoms with Gasteiger partial charge in [0.25, 0.3) is 0 Å². The molecule has 1 aliphatic heterocycles. The predicted octanol–water partition coefficient (Wildman–Crippen LogP) is 1.25. The zero-order valence-corrected chi connectivity index (χ0v) is 4.46. The summed E-state index contributed by atoms with van der Waals surface area (Å²) in [4.78, 5) is 0. The number of rotatable bonds is 0. The monoisotopic (exact) mass is 105 g/mol. The summed E-state index contributed by atoms with van der Waals surface area (Å²) in [7, 11) is 0. The zero-order valence-electron chi connectivity index (χ0n) is 4.46. The number of hydrogen-bond donors (Lipinski definition) is 1. The van der Waals surface area contributed by atoms with Crippen LogP contribution in [0.25, 0.3) is 0 Å². The van der Waals surface area contributed by atoms with Gasteiger partial charge in [0.1, 0.15) is 0 Å². The maximum absolute atomic E-state index is 5.19. The molecule has 0 unspecified atom stereocenters. The summed E-state index contributed by atoms with van der Waals surface area (Å²) in [6.45, 7) is 5.19. The second-order valence-electron chi connectivity index (χ2n) is 1.48. The minimum Gasteiger partial charge on any atom is -0.362 e. The molecular formula is C7H7N. The first-order valence-corrected chi connectivity index (χ1v) is 2.45. The summed E-state index contributed by atoms with van der Waals surface area (Å²) in [6, 6.07) is 0. The molecule has 0 saturated carbocycles. The van der Waals surface area contributed by atoms with E-state index < -0.39 is 0 Å². The lowest BCUT2D eigenvalue weighted by Gasteiger charge is -2.01. The molecule has 1 N–H and O–H groups in total. The molecular weight excluding hydrogens is 98.1 g/mol. The van der Waals surface area contributed by atoms with Crippen LogP contribution in [-0.4, -0.2) is 0 Å². The van der Waals surface area contributed by atoms with Gasteiger partial charge in [-0.1, -0.05) is 12.2 Å². The molecule has 0 aromatic rings. The zero-order chi connectivity index (χ0) is 5.82. The van der Waals surface area contributed by atoms with Crippen LogP contribution < -0.4 is 5.32 Å². The van der Waals surface area contributed by atoms with Crippen molar-refractivity contribution >= 4 is 0 Å². The van der Waals surface area contributed by atoms with E-state index in [0.717, 1.165) is 5.70 Å². The van der Waals surface area contributed by atoms with E-state index in [2.05, 4.69) is 5.32 Å². The molecule has 2 radical (unpaired) electrons. The van der Waals surface area contributed by atoms with Crippen molar-refractivity contribution in [1.82, 2.24) is 5.32 Å². The molecule has 1 nitrogen and oxygen atoms in total. The first-order chi connectivity index (χ1) is 3.93. The summed E-state index contributed by atoms with van der Waals surface area (Å²) >= 11 is 0. The third kappa shape index (κ3) is 0.997. The average molecular weight is 105 g/mol. The van der Waals surface area contributed by atoms with Crippen LogP contribution in [-0.2, 0) is 0 Å². The Labute approximate surface area is 49.4 Å². The molecule has 40 valence electrons. The highest BCUT2D eigenvalue weighted by Gasteiger charge is 1.85. The van der Waals surface area contributed by atoms with E-state index in [1.807, 2.05) is 24.4 Å². The lowest BCUT2D eigenvalue weighted by Crippen LogP contribution is -2.03. The highest BCUT2D eigenvalue weighted by Crippen LogP contribution is 1.95. The fraction of sp³-hybridized carbons (Fsp3) is 0. The van der Waals surface area contributed by atoms with Crippen LogP contribution in [0.2, 0.25) is 0 Å². The number of hydrogen-bond acceptors (Lipinski definition) is 1. The fourth-order valence-corrected chi connectivity index (χ4v) is 0.511. The maximum Gasteiger partial charge on any atom is 0.0342 e. The van der Waals surface area contributed by atoms with E-state index in [0.29, 0.717) is 0 Å². The molecule has 0 bridgehead atoms. The standard InChI is InChI=1S/C7H7N/c1-2-7-5-3-4-6-8-7/h1-6,8H. The second kappa shape index (κ2) is 2.36. The van der Waals surface area contributed by atoms with Gasteiger partial charge in [-0.15, -0.1) is 0 Å². The normalized spacial score (nSPS) is 21.4. The van der Waals surface area contributed by atoms with E-state index in [1.165, 1.54) is 6.08 Å². The first-order valence-electron chi connectivity index (χ1n) is 2.45. The molecule has 1 heterocycles. The molecule has 1 heteroatoms. The van der Waals surface area contributed by atoms with Crippen LogP contribution in [0.15, 0.2) is 36.2 Å². The van der Waals surface area contributed by atoms with Gasteiger partial charge in [0.2, 0.25) is 0 Å². The number of nitrogens with one attached hydrogen (secondary N) is 1. The van der Waals surface area contributed by atoms with Crippen molar-refractivity contribution in [1.29, 1.82) is 0 Å². The Morgan fingerprint density at radius 3 is 2.75 bits per heavy atom. The van der Waals surface area contributed by atoms with Crippen molar-refractivity contribution in [2.24, 2.45) is 0 Å². The van der Waals surface area contributed by atoms with E-state index >= 15 is 0 Å². The van der Waals surface area contributed by atoms with E-state index in [-0.39, 0.29) is 0 Å². The van der Waals surface area contributed by atoms with Gasteiger partial charge in [0.05, 0.1) is 0 Å². The summed E-state index contributed by atoms with van der Waals surface area (Å²) in [5.74, 6) is 0. The molecule has 0 aliphatic carbocycles. The van der Waals surface area contributed by atoms with Crippen LogP contribution in [0.5, 0.6) is 0 Å². The molecule has 0 atom stereocenters. The van der Waals surface area contributed by atoms with E-state index in [4.69, 9.17) is 6.92 Å². The molecule has 0 saturated heterocycles.